The molecule has 1 aromatic carbocycles. The molecule has 8 heteroatoms. The second kappa shape index (κ2) is 9.55. The Kier molecular flexibility index (Phi) is 6.85. The summed E-state index contributed by atoms with van der Waals surface area (Å²) < 4.78 is 14.1. The molecule has 0 saturated heterocycles. The molecule has 30 heavy (non-hydrogen) atoms. The quantitative estimate of drug-likeness (QED) is 0.763. The van der Waals surface area contributed by atoms with Crippen LogP contribution in [0.1, 0.15) is 47.3 Å². The van der Waals surface area contributed by atoms with E-state index in [-0.39, 0.29) is 11.7 Å². The molecule has 1 amide bonds. The van der Waals surface area contributed by atoms with Crippen molar-refractivity contribution in [2.24, 2.45) is 10.7 Å². The summed E-state index contributed by atoms with van der Waals surface area (Å²) in [6, 6.07) is 11.9. The highest BCUT2D eigenvalue weighted by atomic mass is 32.2. The molecule has 1 aliphatic heterocycles. The van der Waals surface area contributed by atoms with Crippen molar-refractivity contribution < 1.29 is 9.18 Å². The van der Waals surface area contributed by atoms with E-state index < -0.39 is 5.54 Å². The molecule has 4 rings (SSSR count). The molecule has 6 nitrogen and oxygen atoms in total. The first-order valence-electron chi connectivity index (χ1n) is 9.55. The zero-order valence-electron chi connectivity index (χ0n) is 16.6. The number of hydrogen-bond acceptors (Lipinski definition) is 6. The van der Waals surface area contributed by atoms with Gasteiger partial charge in [-0.2, -0.15) is 5.26 Å². The first-order chi connectivity index (χ1) is 14.5. The van der Waals surface area contributed by atoms with Gasteiger partial charge in [-0.3, -0.25) is 4.79 Å². The predicted molar refractivity (Wildman–Crippen MR) is 116 cm³/mol. The number of aromatic nitrogens is 1. The number of nitrogens with one attached hydrogen (secondary N) is 1. The van der Waals surface area contributed by atoms with Gasteiger partial charge in [0, 0.05) is 18.8 Å². The van der Waals surface area contributed by atoms with Gasteiger partial charge >= 0.3 is 0 Å². The molecule has 1 atom stereocenters. The zero-order valence-corrected chi connectivity index (χ0v) is 17.4. The number of aliphatic imine (C=N–C) groups is 1. The third kappa shape index (κ3) is 4.52. The molecule has 2 heterocycles. The molecule has 2 aliphatic rings. The van der Waals surface area contributed by atoms with Gasteiger partial charge in [-0.25, -0.2) is 14.4 Å². The first-order valence-corrected chi connectivity index (χ1v) is 10.4. The number of amides is 1. The van der Waals surface area contributed by atoms with Crippen molar-refractivity contribution in [1.29, 1.82) is 5.26 Å². The molecular formula is C22H22FN5OS. The average molecular weight is 424 g/mol. The van der Waals surface area contributed by atoms with E-state index in [4.69, 9.17) is 11.0 Å². The number of nitrogens with zero attached hydrogens (tertiary/aromatic N) is 3. The first kappa shape index (κ1) is 21.5. The van der Waals surface area contributed by atoms with Crippen LogP contribution in [0.5, 0.6) is 0 Å². The lowest BCUT2D eigenvalue weighted by molar-refractivity contribution is 0.0958. The van der Waals surface area contributed by atoms with E-state index in [1.807, 2.05) is 18.2 Å². The van der Waals surface area contributed by atoms with Gasteiger partial charge in [-0.15, -0.1) is 0 Å². The second-order valence-electron chi connectivity index (χ2n) is 6.88. The maximum atomic E-state index is 14.1. The van der Waals surface area contributed by atoms with Gasteiger partial charge in [0.05, 0.1) is 5.56 Å². The number of pyridine rings is 1. The van der Waals surface area contributed by atoms with E-state index in [2.05, 4.69) is 20.7 Å². The number of nitriles is 1. The second-order valence-corrected chi connectivity index (χ2v) is 7.77. The maximum Gasteiger partial charge on any atom is 0.269 e. The van der Waals surface area contributed by atoms with E-state index in [0.717, 1.165) is 25.7 Å². The van der Waals surface area contributed by atoms with Crippen LogP contribution in [0.3, 0.4) is 0 Å². The van der Waals surface area contributed by atoms with Crippen LogP contribution in [-0.2, 0) is 5.54 Å². The molecular weight excluding hydrogens is 401 g/mol. The van der Waals surface area contributed by atoms with Crippen LogP contribution >= 0.6 is 11.8 Å². The SMILES string of the molecule is CNC(=O)c1ccc(C#N)cn1.NC1=NC2(c3ccccc3F)CCCCC2=CS1. The summed E-state index contributed by atoms with van der Waals surface area (Å²) in [4.78, 5) is 19.4. The fourth-order valence-corrected chi connectivity index (χ4v) is 4.36. The molecule has 154 valence electrons. The Bertz CT molecular complexity index is 1030. The fraction of sp³-hybridized carbons (Fsp3) is 0.273. The van der Waals surface area contributed by atoms with E-state index in [1.165, 1.54) is 42.7 Å². The molecule has 0 radical (unpaired) electrons. The topological polar surface area (TPSA) is 104 Å². The van der Waals surface area contributed by atoms with Crippen LogP contribution < -0.4 is 11.1 Å². The summed E-state index contributed by atoms with van der Waals surface area (Å²) in [5, 5.41) is 13.5. The van der Waals surface area contributed by atoms with Crippen molar-refractivity contribution >= 4 is 22.8 Å². The Balaban J connectivity index is 0.000000187. The van der Waals surface area contributed by atoms with E-state index in [9.17, 15) is 9.18 Å². The average Bonchev–Trinajstić information content (AvgIpc) is 2.79. The highest BCUT2D eigenvalue weighted by Crippen LogP contribution is 2.48. The Morgan fingerprint density at radius 3 is 2.77 bits per heavy atom. The highest BCUT2D eigenvalue weighted by Gasteiger charge is 2.41. The minimum atomic E-state index is -0.543. The molecule has 1 unspecified atom stereocenters. The van der Waals surface area contributed by atoms with Crippen LogP contribution in [0, 0.1) is 17.1 Å². The van der Waals surface area contributed by atoms with Crippen molar-refractivity contribution in [1.82, 2.24) is 10.3 Å². The summed E-state index contributed by atoms with van der Waals surface area (Å²) >= 11 is 1.45. The number of halogens is 1. The molecule has 0 spiro atoms. The smallest absolute Gasteiger partial charge is 0.269 e. The van der Waals surface area contributed by atoms with Crippen LogP contribution in [0.4, 0.5) is 4.39 Å². The van der Waals surface area contributed by atoms with Gasteiger partial charge in [0.25, 0.3) is 5.91 Å². The Labute approximate surface area is 179 Å². The zero-order chi connectivity index (χ0) is 21.6. The number of amidine groups is 1. The molecule has 1 aliphatic carbocycles. The van der Waals surface area contributed by atoms with Crippen LogP contribution in [0.25, 0.3) is 0 Å². The number of nitrogens with two attached hydrogens (primary N) is 1. The molecule has 1 fully saturated rings. The van der Waals surface area contributed by atoms with Gasteiger partial charge in [-0.05, 0) is 48.4 Å². The summed E-state index contributed by atoms with van der Waals surface area (Å²) in [6.07, 6.45) is 5.41. The summed E-state index contributed by atoms with van der Waals surface area (Å²) in [7, 11) is 1.53. The van der Waals surface area contributed by atoms with Gasteiger partial charge in [0.2, 0.25) is 0 Å². The molecule has 3 N–H and O–H groups in total. The number of fused-ring (bicyclic) bond motifs is 1. The number of benzene rings is 1. The fourth-order valence-electron chi connectivity index (χ4n) is 3.58. The highest BCUT2D eigenvalue weighted by molar-refractivity contribution is 8.16. The maximum absolute atomic E-state index is 14.1. The normalized spacial score (nSPS) is 19.8. The third-order valence-electron chi connectivity index (χ3n) is 5.06. The van der Waals surface area contributed by atoms with Crippen LogP contribution in [-0.4, -0.2) is 23.1 Å². The van der Waals surface area contributed by atoms with Gasteiger partial charge in [-0.1, -0.05) is 36.4 Å². The van der Waals surface area contributed by atoms with Crippen molar-refractivity contribution in [3.05, 3.63) is 76.2 Å². The molecule has 2 aromatic rings. The van der Waals surface area contributed by atoms with Crippen molar-refractivity contribution in [2.45, 2.75) is 31.2 Å². The van der Waals surface area contributed by atoms with Crippen molar-refractivity contribution in [3.8, 4) is 6.07 Å². The third-order valence-corrected chi connectivity index (χ3v) is 5.80. The van der Waals surface area contributed by atoms with Gasteiger partial charge < -0.3 is 11.1 Å². The monoisotopic (exact) mass is 423 g/mol. The Hall–Kier alpha value is -3.18. The number of hydrogen-bond donors (Lipinski definition) is 2. The summed E-state index contributed by atoms with van der Waals surface area (Å²) in [5.41, 5.74) is 7.95. The van der Waals surface area contributed by atoms with Crippen LogP contribution in [0.15, 0.2) is 58.6 Å². The lowest BCUT2D eigenvalue weighted by Crippen LogP contribution is -2.34. The Morgan fingerprint density at radius 1 is 1.30 bits per heavy atom. The lowest BCUT2D eigenvalue weighted by atomic mass is 9.73. The minimum absolute atomic E-state index is 0.186. The molecule has 1 aromatic heterocycles. The minimum Gasteiger partial charge on any atom is -0.378 e. The van der Waals surface area contributed by atoms with Crippen molar-refractivity contribution in [2.75, 3.05) is 7.05 Å². The van der Waals surface area contributed by atoms with E-state index in [0.29, 0.717) is 22.0 Å². The van der Waals surface area contributed by atoms with Gasteiger partial charge in [0.15, 0.2) is 5.17 Å². The number of thioether (sulfide) groups is 1. The van der Waals surface area contributed by atoms with Crippen LogP contribution in [0.2, 0.25) is 0 Å². The Morgan fingerprint density at radius 2 is 2.10 bits per heavy atom. The number of rotatable bonds is 2. The number of carbonyl (C=O) groups excluding carboxylic acids is 1. The largest absolute Gasteiger partial charge is 0.378 e. The molecule has 1 saturated carbocycles. The predicted octanol–water partition coefficient (Wildman–Crippen LogP) is 3.85. The number of carbonyl (C=O) groups is 1. The standard InChI is InChI=1S/C14H15FN2S.C8H7N3O/c15-12-7-2-1-6-11(12)14-8-4-3-5-10(14)9-18-13(16)17-14;1-10-8(12)7-3-2-6(4-9)5-11-7/h1-2,6-7,9H,3-5,8H2,(H2,16,17);2-3,5H,1H3,(H,10,12). The van der Waals surface area contributed by atoms with E-state index in [1.54, 1.807) is 12.1 Å². The van der Waals surface area contributed by atoms with Crippen molar-refractivity contribution in [3.63, 3.8) is 0 Å². The van der Waals surface area contributed by atoms with Gasteiger partial charge in [0.1, 0.15) is 23.1 Å². The molecule has 0 bridgehead atoms. The lowest BCUT2D eigenvalue weighted by Gasteiger charge is -2.39. The van der Waals surface area contributed by atoms with E-state index >= 15 is 0 Å². The summed E-state index contributed by atoms with van der Waals surface area (Å²) in [6.45, 7) is 0. The summed E-state index contributed by atoms with van der Waals surface area (Å²) in [5.74, 6) is -0.437.